The summed E-state index contributed by atoms with van der Waals surface area (Å²) in [6.07, 6.45) is 0. The Balaban J connectivity index is 3.12. The van der Waals surface area contributed by atoms with Gasteiger partial charge in [-0.2, -0.15) is 13.1 Å². The molecule has 0 bridgehead atoms. The normalized spacial score (nSPS) is 12.2. The van der Waals surface area contributed by atoms with Crippen molar-refractivity contribution in [2.45, 2.75) is 26.3 Å². The maximum atomic E-state index is 12.0. The highest BCUT2D eigenvalue weighted by Crippen LogP contribution is 2.22. The molecule has 1 rings (SSSR count). The molecule has 1 aromatic rings. The minimum atomic E-state index is -3.70. The number of benzene rings is 1. The van der Waals surface area contributed by atoms with E-state index in [2.05, 4.69) is 25.4 Å². The Morgan fingerprint density at radius 1 is 1.37 bits per heavy atom. The van der Waals surface area contributed by atoms with Crippen LogP contribution in [0.2, 0.25) is 0 Å². The first kappa shape index (κ1) is 16.4. The lowest BCUT2D eigenvalue weighted by atomic mass is 10.1. The van der Waals surface area contributed by atoms with E-state index >= 15 is 0 Å². The molecular weight excluding hydrogens is 350 g/mol. The average Bonchev–Trinajstić information content (AvgIpc) is 2.11. The van der Waals surface area contributed by atoms with Crippen molar-refractivity contribution in [2.75, 3.05) is 4.72 Å². The van der Waals surface area contributed by atoms with Crippen LogP contribution in [0.15, 0.2) is 22.7 Å². The summed E-state index contributed by atoms with van der Waals surface area (Å²) in [6, 6.07) is 5.00. The lowest BCUT2D eigenvalue weighted by Gasteiger charge is -2.21. The number of thiocarbonyl (C=S) groups is 1. The third-order valence-corrected chi connectivity index (χ3v) is 4.01. The number of nitrogens with two attached hydrogens (primary N) is 1. The molecule has 0 aliphatic rings. The Kier molecular flexibility index (Phi) is 4.94. The van der Waals surface area contributed by atoms with Crippen molar-refractivity contribution in [1.29, 1.82) is 0 Å². The molecule has 0 saturated carbocycles. The van der Waals surface area contributed by atoms with Crippen molar-refractivity contribution < 1.29 is 8.42 Å². The lowest BCUT2D eigenvalue weighted by molar-refractivity contribution is 0.494. The van der Waals surface area contributed by atoms with E-state index < -0.39 is 15.7 Å². The zero-order valence-corrected chi connectivity index (χ0v) is 14.0. The summed E-state index contributed by atoms with van der Waals surface area (Å²) in [5.41, 5.74) is 5.79. The summed E-state index contributed by atoms with van der Waals surface area (Å²) in [4.78, 5) is 0.126. The molecule has 19 heavy (non-hydrogen) atoms. The van der Waals surface area contributed by atoms with Crippen LogP contribution in [0.4, 0.5) is 5.69 Å². The van der Waals surface area contributed by atoms with E-state index in [1.807, 2.05) is 0 Å². The number of hydrogen-bond acceptors (Lipinski definition) is 3. The van der Waals surface area contributed by atoms with Crippen molar-refractivity contribution in [3.63, 3.8) is 0 Å². The molecule has 0 aliphatic carbocycles. The van der Waals surface area contributed by atoms with Gasteiger partial charge in [-0.25, -0.2) is 0 Å². The summed E-state index contributed by atoms with van der Waals surface area (Å²) >= 11 is 8.17. The highest BCUT2D eigenvalue weighted by Gasteiger charge is 2.21. The van der Waals surface area contributed by atoms with Gasteiger partial charge in [-0.1, -0.05) is 28.1 Å². The third kappa shape index (κ3) is 5.43. The van der Waals surface area contributed by atoms with Crippen molar-refractivity contribution >= 4 is 49.0 Å². The van der Waals surface area contributed by atoms with Gasteiger partial charge < -0.3 is 5.73 Å². The van der Waals surface area contributed by atoms with Gasteiger partial charge in [0.05, 0.1) is 5.69 Å². The molecule has 0 aliphatic heterocycles. The van der Waals surface area contributed by atoms with Crippen molar-refractivity contribution in [3.8, 4) is 0 Å². The quantitative estimate of drug-likeness (QED) is 0.713. The Hall–Kier alpha value is -0.700. The van der Waals surface area contributed by atoms with Gasteiger partial charge in [0.1, 0.15) is 4.99 Å². The predicted molar refractivity (Wildman–Crippen MR) is 85.5 cm³/mol. The van der Waals surface area contributed by atoms with Crippen molar-refractivity contribution in [1.82, 2.24) is 4.72 Å². The first-order valence-electron chi connectivity index (χ1n) is 5.41. The predicted octanol–water partition coefficient (Wildman–Crippen LogP) is 2.13. The number of halogens is 1. The monoisotopic (exact) mass is 365 g/mol. The average molecular weight is 366 g/mol. The highest BCUT2D eigenvalue weighted by atomic mass is 79.9. The molecule has 4 N–H and O–H groups in total. The van der Waals surface area contributed by atoms with E-state index in [0.29, 0.717) is 11.3 Å². The molecule has 0 fully saturated rings. The maximum absolute atomic E-state index is 12.0. The van der Waals surface area contributed by atoms with Gasteiger partial charge in [-0.05, 0) is 39.0 Å². The summed E-state index contributed by atoms with van der Waals surface area (Å²) < 4.78 is 29.6. The van der Waals surface area contributed by atoms with Crippen molar-refractivity contribution in [3.05, 3.63) is 28.2 Å². The van der Waals surface area contributed by atoms with Gasteiger partial charge >= 0.3 is 0 Å². The molecule has 106 valence electrons. The smallest absolute Gasteiger partial charge is 0.299 e. The van der Waals surface area contributed by atoms with Crippen LogP contribution in [0, 0.1) is 0 Å². The van der Waals surface area contributed by atoms with Crippen LogP contribution in [0.25, 0.3) is 0 Å². The van der Waals surface area contributed by atoms with Crippen LogP contribution >= 0.6 is 28.1 Å². The number of hydrogen-bond donors (Lipinski definition) is 3. The molecule has 0 saturated heterocycles. The number of anilines is 1. The second-order valence-corrected chi connectivity index (χ2v) is 7.78. The van der Waals surface area contributed by atoms with Gasteiger partial charge in [0.2, 0.25) is 0 Å². The van der Waals surface area contributed by atoms with Crippen LogP contribution in [-0.2, 0) is 10.2 Å². The fourth-order valence-corrected chi connectivity index (χ4v) is 3.24. The molecule has 1 aromatic carbocycles. The number of rotatable bonds is 4. The minimum absolute atomic E-state index is 0.126. The highest BCUT2D eigenvalue weighted by molar-refractivity contribution is 9.10. The molecule has 0 unspecified atom stereocenters. The minimum Gasteiger partial charge on any atom is -0.389 e. The summed E-state index contributed by atoms with van der Waals surface area (Å²) in [5, 5.41) is 0. The Morgan fingerprint density at radius 3 is 2.42 bits per heavy atom. The zero-order valence-electron chi connectivity index (χ0n) is 10.8. The van der Waals surface area contributed by atoms with E-state index in [1.165, 1.54) is 0 Å². The Bertz CT molecular complexity index is 594. The van der Waals surface area contributed by atoms with E-state index in [1.54, 1.807) is 39.0 Å². The molecule has 0 aromatic heterocycles. The lowest BCUT2D eigenvalue weighted by Crippen LogP contribution is -2.43. The van der Waals surface area contributed by atoms with E-state index in [9.17, 15) is 8.42 Å². The fraction of sp³-hybridized carbons (Fsp3) is 0.364. The summed E-state index contributed by atoms with van der Waals surface area (Å²) in [6.45, 7) is 5.25. The number of nitrogens with one attached hydrogen (secondary N) is 2. The standard InChI is InChI=1S/C11H16BrN3O2S2/c1-11(2,3)15-19(16,17)14-9-6-7(12)4-5-8(9)10(13)18/h4-6,14-15H,1-3H3,(H2,13,18). The van der Waals surface area contributed by atoms with Crippen LogP contribution in [-0.4, -0.2) is 18.9 Å². The SMILES string of the molecule is CC(C)(C)NS(=O)(=O)Nc1cc(Br)ccc1C(N)=S. The topological polar surface area (TPSA) is 84.2 Å². The maximum Gasteiger partial charge on any atom is 0.299 e. The van der Waals surface area contributed by atoms with Crippen LogP contribution < -0.4 is 15.2 Å². The molecule has 8 heteroatoms. The van der Waals surface area contributed by atoms with Crippen LogP contribution in [0.3, 0.4) is 0 Å². The van der Waals surface area contributed by atoms with Gasteiger partial charge in [0.15, 0.2) is 0 Å². The summed E-state index contributed by atoms with van der Waals surface area (Å²) in [7, 11) is -3.70. The fourth-order valence-electron chi connectivity index (χ4n) is 1.39. The van der Waals surface area contributed by atoms with Gasteiger partial charge in [0.25, 0.3) is 10.2 Å². The Morgan fingerprint density at radius 2 is 1.95 bits per heavy atom. The van der Waals surface area contributed by atoms with Crippen molar-refractivity contribution in [2.24, 2.45) is 5.73 Å². The first-order chi connectivity index (χ1) is 8.50. The third-order valence-electron chi connectivity index (χ3n) is 1.93. The molecule has 0 radical (unpaired) electrons. The molecule has 0 spiro atoms. The Labute approximate surface area is 127 Å². The molecule has 0 heterocycles. The largest absolute Gasteiger partial charge is 0.389 e. The molecular formula is C11H16BrN3O2S2. The second kappa shape index (κ2) is 5.74. The van der Waals surface area contributed by atoms with E-state index in [-0.39, 0.29) is 4.99 Å². The first-order valence-corrected chi connectivity index (χ1v) is 8.10. The van der Waals surface area contributed by atoms with E-state index in [4.69, 9.17) is 18.0 Å². The van der Waals surface area contributed by atoms with Gasteiger partial charge in [-0.15, -0.1) is 0 Å². The molecule has 0 amide bonds. The second-order valence-electron chi connectivity index (χ2n) is 5.01. The van der Waals surface area contributed by atoms with Gasteiger partial charge in [-0.3, -0.25) is 4.72 Å². The summed E-state index contributed by atoms with van der Waals surface area (Å²) in [5.74, 6) is 0. The van der Waals surface area contributed by atoms with Gasteiger partial charge in [0, 0.05) is 15.6 Å². The molecule has 0 atom stereocenters. The van der Waals surface area contributed by atoms with Crippen LogP contribution in [0.1, 0.15) is 26.3 Å². The van der Waals surface area contributed by atoms with E-state index in [0.717, 1.165) is 4.47 Å². The van der Waals surface area contributed by atoms with Crippen LogP contribution in [0.5, 0.6) is 0 Å². The zero-order chi connectivity index (χ0) is 14.8. The molecule has 5 nitrogen and oxygen atoms in total.